The van der Waals surface area contributed by atoms with Crippen LogP contribution in [0.15, 0.2) is 48.8 Å². The van der Waals surface area contributed by atoms with Crippen molar-refractivity contribution in [1.29, 1.82) is 0 Å². The van der Waals surface area contributed by atoms with Gasteiger partial charge in [0.25, 0.3) is 11.8 Å². The van der Waals surface area contributed by atoms with E-state index in [0.717, 1.165) is 0 Å². The molecule has 8 nitrogen and oxygen atoms in total. The van der Waals surface area contributed by atoms with Crippen LogP contribution >= 0.6 is 0 Å². The predicted octanol–water partition coefficient (Wildman–Crippen LogP) is 0.738. The molecule has 0 aliphatic rings. The fraction of sp³-hybridized carbons (Fsp3) is 0.176. The number of anilines is 1. The van der Waals surface area contributed by atoms with Gasteiger partial charge in [-0.15, -0.1) is 0 Å². The third-order valence-corrected chi connectivity index (χ3v) is 3.19. The predicted molar refractivity (Wildman–Crippen MR) is 91.5 cm³/mol. The number of carboxylic acids is 1. The number of aliphatic carboxylic acids is 1. The van der Waals surface area contributed by atoms with Gasteiger partial charge in [-0.25, -0.2) is 0 Å². The fourth-order valence-electron chi connectivity index (χ4n) is 2.00. The molecule has 0 aliphatic heterocycles. The summed E-state index contributed by atoms with van der Waals surface area (Å²) < 4.78 is 0. The van der Waals surface area contributed by atoms with E-state index in [9.17, 15) is 14.4 Å². The van der Waals surface area contributed by atoms with E-state index in [0.29, 0.717) is 16.8 Å². The second-order valence-corrected chi connectivity index (χ2v) is 5.08. The summed E-state index contributed by atoms with van der Waals surface area (Å²) in [6.07, 6.45) is 3.04. The van der Waals surface area contributed by atoms with Crippen molar-refractivity contribution in [2.75, 3.05) is 25.0 Å². The summed E-state index contributed by atoms with van der Waals surface area (Å²) >= 11 is 0. The first kappa shape index (κ1) is 17.9. The summed E-state index contributed by atoms with van der Waals surface area (Å²) in [5.74, 6) is -1.56. The Morgan fingerprint density at radius 2 is 1.64 bits per heavy atom. The zero-order chi connectivity index (χ0) is 18.1. The van der Waals surface area contributed by atoms with Crippen LogP contribution in [-0.4, -0.2) is 47.5 Å². The van der Waals surface area contributed by atoms with Gasteiger partial charge >= 0.3 is 5.97 Å². The highest BCUT2D eigenvalue weighted by Gasteiger charge is 2.07. The van der Waals surface area contributed by atoms with Crippen LogP contribution in [0.3, 0.4) is 0 Å². The number of hydrogen-bond acceptors (Lipinski definition) is 5. The number of rotatable bonds is 8. The normalized spacial score (nSPS) is 9.92. The average Bonchev–Trinajstić information content (AvgIpc) is 2.64. The van der Waals surface area contributed by atoms with Gasteiger partial charge in [0.2, 0.25) is 0 Å². The standard InChI is InChI=1S/C17H18N4O4/c22-15(23)11-21-14-5-1-3-12(9-14)16(24)19-7-8-20-17(25)13-4-2-6-18-10-13/h1-6,9-10,21H,7-8,11H2,(H,19,24)(H,20,25)(H,22,23). The summed E-state index contributed by atoms with van der Waals surface area (Å²) in [5.41, 5.74) is 1.39. The van der Waals surface area contributed by atoms with Crippen LogP contribution in [-0.2, 0) is 4.79 Å². The summed E-state index contributed by atoms with van der Waals surface area (Å²) in [5, 5.41) is 16.7. The van der Waals surface area contributed by atoms with E-state index in [1.165, 1.54) is 6.20 Å². The second-order valence-electron chi connectivity index (χ2n) is 5.08. The van der Waals surface area contributed by atoms with Crippen molar-refractivity contribution in [2.45, 2.75) is 0 Å². The summed E-state index contributed by atoms with van der Waals surface area (Å²) in [7, 11) is 0. The zero-order valence-electron chi connectivity index (χ0n) is 13.4. The van der Waals surface area contributed by atoms with Gasteiger partial charge in [-0.3, -0.25) is 19.4 Å². The van der Waals surface area contributed by atoms with Gasteiger partial charge < -0.3 is 21.1 Å². The van der Waals surface area contributed by atoms with Crippen molar-refractivity contribution in [1.82, 2.24) is 15.6 Å². The molecule has 0 saturated heterocycles. The van der Waals surface area contributed by atoms with Crippen molar-refractivity contribution < 1.29 is 19.5 Å². The maximum absolute atomic E-state index is 12.1. The number of carboxylic acid groups (broad SMARTS) is 1. The first-order valence-corrected chi connectivity index (χ1v) is 7.58. The van der Waals surface area contributed by atoms with Crippen LogP contribution in [0.2, 0.25) is 0 Å². The maximum Gasteiger partial charge on any atom is 0.322 e. The minimum atomic E-state index is -0.987. The van der Waals surface area contributed by atoms with E-state index in [1.807, 2.05) is 0 Å². The lowest BCUT2D eigenvalue weighted by Gasteiger charge is -2.09. The molecule has 2 aromatic rings. The second kappa shape index (κ2) is 9.02. The van der Waals surface area contributed by atoms with Gasteiger partial charge in [0.05, 0.1) is 5.56 Å². The molecule has 0 fully saturated rings. The molecule has 0 radical (unpaired) electrons. The molecule has 25 heavy (non-hydrogen) atoms. The SMILES string of the molecule is O=C(O)CNc1cccc(C(=O)NCCNC(=O)c2cccnc2)c1. The van der Waals surface area contributed by atoms with E-state index >= 15 is 0 Å². The molecule has 1 heterocycles. The number of nitrogens with one attached hydrogen (secondary N) is 3. The van der Waals surface area contributed by atoms with Gasteiger partial charge in [-0.2, -0.15) is 0 Å². The lowest BCUT2D eigenvalue weighted by molar-refractivity contribution is -0.134. The van der Waals surface area contributed by atoms with E-state index in [2.05, 4.69) is 20.9 Å². The lowest BCUT2D eigenvalue weighted by atomic mass is 10.2. The molecule has 4 N–H and O–H groups in total. The number of benzene rings is 1. The Morgan fingerprint density at radius 1 is 0.960 bits per heavy atom. The number of pyridine rings is 1. The number of hydrogen-bond donors (Lipinski definition) is 4. The Balaban J connectivity index is 1.77. The van der Waals surface area contributed by atoms with Crippen molar-refractivity contribution in [2.24, 2.45) is 0 Å². The fourth-order valence-corrected chi connectivity index (χ4v) is 2.00. The molecular weight excluding hydrogens is 324 g/mol. The molecule has 2 rings (SSSR count). The summed E-state index contributed by atoms with van der Waals surface area (Å²) in [4.78, 5) is 38.3. The molecule has 0 unspecified atom stereocenters. The number of nitrogens with zero attached hydrogens (tertiary/aromatic N) is 1. The van der Waals surface area contributed by atoms with Crippen molar-refractivity contribution >= 4 is 23.5 Å². The summed E-state index contributed by atoms with van der Waals surface area (Å²) in [6, 6.07) is 9.83. The number of amides is 2. The average molecular weight is 342 g/mol. The van der Waals surface area contributed by atoms with Crippen molar-refractivity contribution in [3.8, 4) is 0 Å². The molecule has 0 saturated carbocycles. The van der Waals surface area contributed by atoms with Crippen LogP contribution in [0.5, 0.6) is 0 Å². The van der Waals surface area contributed by atoms with E-state index in [1.54, 1.807) is 42.6 Å². The third kappa shape index (κ3) is 5.94. The van der Waals surface area contributed by atoms with Gasteiger partial charge in [0.15, 0.2) is 0 Å². The Labute approximate surface area is 144 Å². The Kier molecular flexibility index (Phi) is 6.47. The van der Waals surface area contributed by atoms with Crippen LogP contribution in [0.4, 0.5) is 5.69 Å². The maximum atomic E-state index is 12.1. The van der Waals surface area contributed by atoms with Crippen molar-refractivity contribution in [3.05, 3.63) is 59.9 Å². The van der Waals surface area contributed by atoms with Crippen LogP contribution in [0, 0.1) is 0 Å². The van der Waals surface area contributed by atoms with Gasteiger partial charge in [0, 0.05) is 36.7 Å². The Bertz CT molecular complexity index is 749. The van der Waals surface area contributed by atoms with E-state index in [4.69, 9.17) is 5.11 Å². The Morgan fingerprint density at radius 3 is 2.28 bits per heavy atom. The molecule has 0 bridgehead atoms. The minimum absolute atomic E-state index is 0.231. The Hall–Kier alpha value is -3.42. The highest BCUT2D eigenvalue weighted by atomic mass is 16.4. The van der Waals surface area contributed by atoms with E-state index in [-0.39, 0.29) is 31.4 Å². The summed E-state index contributed by atoms with van der Waals surface area (Å²) in [6.45, 7) is 0.305. The third-order valence-electron chi connectivity index (χ3n) is 3.19. The highest BCUT2D eigenvalue weighted by molar-refractivity contribution is 5.95. The molecule has 8 heteroatoms. The molecule has 1 aromatic carbocycles. The minimum Gasteiger partial charge on any atom is -0.480 e. The molecule has 0 atom stereocenters. The quantitative estimate of drug-likeness (QED) is 0.525. The van der Waals surface area contributed by atoms with Crippen molar-refractivity contribution in [3.63, 3.8) is 0 Å². The molecule has 2 amide bonds. The first-order chi connectivity index (χ1) is 12.1. The lowest BCUT2D eigenvalue weighted by Crippen LogP contribution is -2.34. The molecular formula is C17H18N4O4. The van der Waals surface area contributed by atoms with E-state index < -0.39 is 5.97 Å². The highest BCUT2D eigenvalue weighted by Crippen LogP contribution is 2.10. The molecule has 1 aromatic heterocycles. The topological polar surface area (TPSA) is 120 Å². The van der Waals surface area contributed by atoms with Gasteiger partial charge in [0.1, 0.15) is 6.54 Å². The van der Waals surface area contributed by atoms with Crippen LogP contribution in [0.1, 0.15) is 20.7 Å². The molecule has 130 valence electrons. The first-order valence-electron chi connectivity index (χ1n) is 7.58. The zero-order valence-corrected chi connectivity index (χ0v) is 13.4. The number of aromatic nitrogens is 1. The van der Waals surface area contributed by atoms with Crippen LogP contribution < -0.4 is 16.0 Å². The molecule has 0 spiro atoms. The molecule has 0 aliphatic carbocycles. The largest absolute Gasteiger partial charge is 0.480 e. The number of carbonyl (C=O) groups excluding carboxylic acids is 2. The smallest absolute Gasteiger partial charge is 0.322 e. The van der Waals surface area contributed by atoms with Gasteiger partial charge in [-0.05, 0) is 30.3 Å². The monoisotopic (exact) mass is 342 g/mol. The number of carbonyl (C=O) groups is 3. The van der Waals surface area contributed by atoms with Gasteiger partial charge in [-0.1, -0.05) is 6.07 Å². The van der Waals surface area contributed by atoms with Crippen LogP contribution in [0.25, 0.3) is 0 Å².